The molecule has 0 aliphatic heterocycles. The van der Waals surface area contributed by atoms with E-state index in [1.54, 1.807) is 0 Å². The Morgan fingerprint density at radius 1 is 0.291 bits per heavy atom. The standard InChI is InChI=1S/C55H34/c1-2-11-41-33(8-1)20-25-45-43-12-3-4-13-44(43)49(30-50(41)45)37-18-19-39-31-55(32-40(39)28-37)51-15-6-5-14-46(51)47-26-23-38(29-52(47)55)42-24-21-36-17-16-34-9-7-10-35-22-27-48(42)54(36)53(34)35/h1-30H,31-32H2. The molecule has 0 saturated carbocycles. The number of fused-ring (bicyclic) bond motifs is 11. The second-order valence-corrected chi connectivity index (χ2v) is 16.0. The van der Waals surface area contributed by atoms with Crippen LogP contribution in [-0.4, -0.2) is 0 Å². The van der Waals surface area contributed by atoms with Crippen molar-refractivity contribution in [2.24, 2.45) is 0 Å². The largest absolute Gasteiger partial charge is 0.0619 e. The van der Waals surface area contributed by atoms with Crippen LogP contribution in [0.5, 0.6) is 0 Å². The molecular formula is C55H34. The molecule has 13 rings (SSSR count). The first-order valence-electron chi connectivity index (χ1n) is 19.6. The van der Waals surface area contributed by atoms with Crippen LogP contribution in [0, 0.1) is 0 Å². The highest BCUT2D eigenvalue weighted by Gasteiger charge is 2.47. The van der Waals surface area contributed by atoms with Crippen molar-refractivity contribution < 1.29 is 0 Å². The third-order valence-corrected chi connectivity index (χ3v) is 13.4. The summed E-state index contributed by atoms with van der Waals surface area (Å²) in [6, 6.07) is 69.3. The molecule has 0 radical (unpaired) electrons. The smallest absolute Gasteiger partial charge is 0.0296 e. The van der Waals surface area contributed by atoms with Crippen LogP contribution in [0.25, 0.3) is 98.0 Å². The van der Waals surface area contributed by atoms with Crippen LogP contribution < -0.4 is 0 Å². The summed E-state index contributed by atoms with van der Waals surface area (Å²) in [4.78, 5) is 0. The van der Waals surface area contributed by atoms with Crippen molar-refractivity contribution in [2.75, 3.05) is 0 Å². The third kappa shape index (κ3) is 3.96. The summed E-state index contributed by atoms with van der Waals surface area (Å²) in [5, 5.41) is 15.9. The topological polar surface area (TPSA) is 0 Å². The van der Waals surface area contributed by atoms with Gasteiger partial charge < -0.3 is 0 Å². The van der Waals surface area contributed by atoms with Crippen molar-refractivity contribution in [2.45, 2.75) is 18.3 Å². The third-order valence-electron chi connectivity index (χ3n) is 13.4. The minimum absolute atomic E-state index is 0.103. The zero-order valence-electron chi connectivity index (χ0n) is 30.2. The molecule has 1 unspecified atom stereocenters. The van der Waals surface area contributed by atoms with Crippen molar-refractivity contribution in [3.8, 4) is 33.4 Å². The molecule has 0 aromatic heterocycles. The second-order valence-electron chi connectivity index (χ2n) is 16.0. The van der Waals surface area contributed by atoms with Crippen molar-refractivity contribution in [1.29, 1.82) is 0 Å². The quantitative estimate of drug-likeness (QED) is 0.158. The van der Waals surface area contributed by atoms with E-state index in [1.165, 1.54) is 120 Å². The predicted molar refractivity (Wildman–Crippen MR) is 234 cm³/mol. The lowest BCUT2D eigenvalue weighted by Gasteiger charge is -2.27. The Kier molecular flexibility index (Phi) is 5.76. The zero-order valence-corrected chi connectivity index (χ0v) is 30.2. The van der Waals surface area contributed by atoms with Crippen LogP contribution >= 0.6 is 0 Å². The zero-order chi connectivity index (χ0) is 35.8. The molecule has 0 heterocycles. The SMILES string of the molecule is c1ccc2c(c1)-c1ccc(-c3ccc4ccc5cccc6ccc3c4c56)cc1C21Cc2ccc(-c3cc4c5ccccc5ccc4c4ccccc34)cc2C1. The van der Waals surface area contributed by atoms with Gasteiger partial charge in [-0.05, 0) is 145 Å². The molecule has 0 saturated heterocycles. The molecule has 0 amide bonds. The van der Waals surface area contributed by atoms with E-state index in [0.717, 1.165) is 12.8 Å². The van der Waals surface area contributed by atoms with Crippen LogP contribution in [0.3, 0.4) is 0 Å². The Morgan fingerprint density at radius 3 is 1.80 bits per heavy atom. The van der Waals surface area contributed by atoms with Gasteiger partial charge in [0.25, 0.3) is 0 Å². The molecule has 0 N–H and O–H groups in total. The van der Waals surface area contributed by atoms with Gasteiger partial charge in [0.2, 0.25) is 0 Å². The minimum Gasteiger partial charge on any atom is -0.0619 e. The Labute approximate surface area is 319 Å². The van der Waals surface area contributed by atoms with Crippen LogP contribution in [0.2, 0.25) is 0 Å². The first kappa shape index (κ1) is 29.7. The van der Waals surface area contributed by atoms with Gasteiger partial charge in [-0.2, -0.15) is 0 Å². The fourth-order valence-electron chi connectivity index (χ4n) is 10.9. The molecule has 1 atom stereocenters. The Morgan fingerprint density at radius 2 is 0.891 bits per heavy atom. The van der Waals surface area contributed by atoms with Crippen molar-refractivity contribution in [3.63, 3.8) is 0 Å². The maximum absolute atomic E-state index is 2.55. The molecule has 11 aromatic rings. The van der Waals surface area contributed by atoms with Crippen LogP contribution in [0.15, 0.2) is 182 Å². The van der Waals surface area contributed by atoms with Gasteiger partial charge in [-0.1, -0.05) is 170 Å². The molecule has 11 aromatic carbocycles. The maximum atomic E-state index is 2.55. The minimum atomic E-state index is -0.103. The highest BCUT2D eigenvalue weighted by molar-refractivity contribution is 6.25. The van der Waals surface area contributed by atoms with E-state index in [-0.39, 0.29) is 5.41 Å². The first-order valence-corrected chi connectivity index (χ1v) is 19.6. The number of hydrogen-bond donors (Lipinski definition) is 0. The lowest BCUT2D eigenvalue weighted by molar-refractivity contribution is 0.564. The second kappa shape index (κ2) is 10.7. The van der Waals surface area contributed by atoms with Crippen LogP contribution in [-0.2, 0) is 18.3 Å². The monoisotopic (exact) mass is 694 g/mol. The first-order chi connectivity index (χ1) is 27.2. The molecule has 55 heavy (non-hydrogen) atoms. The average Bonchev–Trinajstić information content (AvgIpc) is 3.76. The molecule has 2 aliphatic rings. The Balaban J connectivity index is 0.982. The average molecular weight is 695 g/mol. The summed E-state index contributed by atoms with van der Waals surface area (Å²) in [6.07, 6.45) is 2.01. The summed E-state index contributed by atoms with van der Waals surface area (Å²) in [7, 11) is 0. The van der Waals surface area contributed by atoms with Gasteiger partial charge in [-0.25, -0.2) is 0 Å². The van der Waals surface area contributed by atoms with E-state index in [9.17, 15) is 0 Å². The number of rotatable bonds is 2. The summed E-state index contributed by atoms with van der Waals surface area (Å²) >= 11 is 0. The highest BCUT2D eigenvalue weighted by atomic mass is 14.5. The lowest BCUT2D eigenvalue weighted by Crippen LogP contribution is -2.25. The number of hydrogen-bond acceptors (Lipinski definition) is 0. The molecule has 0 bridgehead atoms. The van der Waals surface area contributed by atoms with Gasteiger partial charge in [0.1, 0.15) is 0 Å². The van der Waals surface area contributed by atoms with E-state index in [1.807, 2.05) is 0 Å². The normalized spacial score (nSPS) is 15.9. The van der Waals surface area contributed by atoms with Gasteiger partial charge in [-0.3, -0.25) is 0 Å². The summed E-state index contributed by atoms with van der Waals surface area (Å²) < 4.78 is 0. The highest BCUT2D eigenvalue weighted by Crippen LogP contribution is 2.57. The van der Waals surface area contributed by atoms with E-state index in [0.29, 0.717) is 0 Å². The van der Waals surface area contributed by atoms with E-state index in [2.05, 4.69) is 182 Å². The fraction of sp³-hybridized carbons (Fsp3) is 0.0545. The number of benzene rings is 11. The van der Waals surface area contributed by atoms with Crippen molar-refractivity contribution in [1.82, 2.24) is 0 Å². The molecule has 2 aliphatic carbocycles. The van der Waals surface area contributed by atoms with Gasteiger partial charge in [0.05, 0.1) is 0 Å². The van der Waals surface area contributed by atoms with Crippen LogP contribution in [0.4, 0.5) is 0 Å². The van der Waals surface area contributed by atoms with Crippen LogP contribution in [0.1, 0.15) is 22.3 Å². The van der Waals surface area contributed by atoms with Gasteiger partial charge >= 0.3 is 0 Å². The summed E-state index contributed by atoms with van der Waals surface area (Å²) in [6.45, 7) is 0. The molecular weight excluding hydrogens is 661 g/mol. The molecule has 254 valence electrons. The summed E-state index contributed by atoms with van der Waals surface area (Å²) in [5.74, 6) is 0. The van der Waals surface area contributed by atoms with E-state index in [4.69, 9.17) is 0 Å². The molecule has 0 fully saturated rings. The predicted octanol–water partition coefficient (Wildman–Crippen LogP) is 14.4. The summed E-state index contributed by atoms with van der Waals surface area (Å²) in [5.41, 5.74) is 13.8. The molecule has 0 heteroatoms. The van der Waals surface area contributed by atoms with Crippen molar-refractivity contribution in [3.05, 3.63) is 204 Å². The van der Waals surface area contributed by atoms with E-state index < -0.39 is 0 Å². The Hall–Kier alpha value is -6.76. The van der Waals surface area contributed by atoms with Gasteiger partial charge in [-0.15, -0.1) is 0 Å². The van der Waals surface area contributed by atoms with Gasteiger partial charge in [0.15, 0.2) is 0 Å². The molecule has 1 spiro atoms. The Bertz CT molecular complexity index is 3420. The van der Waals surface area contributed by atoms with Gasteiger partial charge in [0, 0.05) is 5.41 Å². The lowest BCUT2D eigenvalue weighted by atomic mass is 9.75. The van der Waals surface area contributed by atoms with E-state index >= 15 is 0 Å². The fourth-order valence-corrected chi connectivity index (χ4v) is 10.9. The molecule has 0 nitrogen and oxygen atoms in total. The van der Waals surface area contributed by atoms with Crippen molar-refractivity contribution >= 4 is 64.6 Å². The maximum Gasteiger partial charge on any atom is 0.0296 e.